The number of ether oxygens (including phenoxy) is 1. The first-order chi connectivity index (χ1) is 16.5. The van der Waals surface area contributed by atoms with Gasteiger partial charge in [0.15, 0.2) is 11.8 Å². The van der Waals surface area contributed by atoms with Gasteiger partial charge in [-0.3, -0.25) is 25.2 Å². The summed E-state index contributed by atoms with van der Waals surface area (Å²) in [5.74, 6) is -0.611. The molecule has 0 aliphatic heterocycles. The van der Waals surface area contributed by atoms with E-state index in [-0.39, 0.29) is 12.2 Å². The molecule has 3 amide bonds. The molecule has 0 saturated carbocycles. The number of nitrogens with one attached hydrogen (secondary N) is 3. The third-order valence-corrected chi connectivity index (χ3v) is 5.71. The van der Waals surface area contributed by atoms with Gasteiger partial charge in [-0.15, -0.1) is 0 Å². The van der Waals surface area contributed by atoms with E-state index in [0.717, 1.165) is 21.8 Å². The van der Waals surface area contributed by atoms with Gasteiger partial charge in [0.1, 0.15) is 5.75 Å². The zero-order valence-electron chi connectivity index (χ0n) is 17.9. The van der Waals surface area contributed by atoms with Gasteiger partial charge in [-0.2, -0.15) is 0 Å². The number of benzene rings is 3. The number of hydrogen-bond acceptors (Lipinski definition) is 6. The molecule has 172 valence electrons. The van der Waals surface area contributed by atoms with Crippen molar-refractivity contribution in [2.75, 3.05) is 6.61 Å². The molecule has 0 unspecified atom stereocenters. The molecule has 10 heteroatoms. The van der Waals surface area contributed by atoms with E-state index in [4.69, 9.17) is 10.5 Å². The van der Waals surface area contributed by atoms with E-state index in [1.807, 2.05) is 36.4 Å². The monoisotopic (exact) mass is 475 g/mol. The molecule has 9 nitrogen and oxygen atoms in total. The standard InChI is InChI=1S/C24H21N5O4S/c25-22(31)17-4-3-5-18(12-17)33-13-21(30)28-29-23(32)16-10-8-15(9-11-16)14-34-24-26-19-6-1-2-7-20(19)27-24/h1-12H,13-14H2,(H2,25,31)(H,26,27)(H,28,30)(H,29,32). The van der Waals surface area contributed by atoms with Crippen LogP contribution in [0.2, 0.25) is 0 Å². The largest absolute Gasteiger partial charge is 0.484 e. The lowest BCUT2D eigenvalue weighted by molar-refractivity contribution is -0.123. The minimum atomic E-state index is -0.596. The average molecular weight is 476 g/mol. The number of hydrazine groups is 1. The second-order valence-electron chi connectivity index (χ2n) is 7.23. The van der Waals surface area contributed by atoms with Crippen LogP contribution in [0.3, 0.4) is 0 Å². The number of thioether (sulfide) groups is 1. The third kappa shape index (κ3) is 5.93. The summed E-state index contributed by atoms with van der Waals surface area (Å²) in [6.45, 7) is -0.347. The second-order valence-corrected chi connectivity index (χ2v) is 8.19. The minimum Gasteiger partial charge on any atom is -0.484 e. The van der Waals surface area contributed by atoms with Crippen LogP contribution < -0.4 is 21.3 Å². The van der Waals surface area contributed by atoms with Gasteiger partial charge >= 0.3 is 0 Å². The molecule has 4 rings (SSSR count). The van der Waals surface area contributed by atoms with Crippen molar-refractivity contribution >= 4 is 40.5 Å². The Hall–Kier alpha value is -4.31. The maximum atomic E-state index is 12.3. The normalized spacial score (nSPS) is 10.6. The van der Waals surface area contributed by atoms with Gasteiger partial charge in [0.05, 0.1) is 11.0 Å². The predicted octanol–water partition coefficient (Wildman–Crippen LogP) is 2.79. The number of primary amides is 1. The summed E-state index contributed by atoms with van der Waals surface area (Å²) in [7, 11) is 0. The van der Waals surface area contributed by atoms with Crippen LogP contribution in [0.5, 0.6) is 5.75 Å². The molecule has 3 aromatic carbocycles. The average Bonchev–Trinajstić information content (AvgIpc) is 3.28. The highest BCUT2D eigenvalue weighted by molar-refractivity contribution is 7.98. The molecule has 0 atom stereocenters. The number of nitrogens with zero attached hydrogens (tertiary/aromatic N) is 1. The maximum Gasteiger partial charge on any atom is 0.276 e. The number of para-hydroxylation sites is 2. The van der Waals surface area contributed by atoms with Crippen LogP contribution in [0.15, 0.2) is 78.0 Å². The topological polar surface area (TPSA) is 139 Å². The lowest BCUT2D eigenvalue weighted by atomic mass is 10.1. The fourth-order valence-corrected chi connectivity index (χ4v) is 3.87. The van der Waals surface area contributed by atoms with Gasteiger partial charge in [0, 0.05) is 16.9 Å². The number of imidazole rings is 1. The maximum absolute atomic E-state index is 12.3. The summed E-state index contributed by atoms with van der Waals surface area (Å²) >= 11 is 1.57. The van der Waals surface area contributed by atoms with Crippen LogP contribution in [0.25, 0.3) is 11.0 Å². The van der Waals surface area contributed by atoms with Crippen molar-refractivity contribution in [3.05, 3.63) is 89.5 Å². The summed E-state index contributed by atoms with van der Waals surface area (Å²) in [6, 6.07) is 21.1. The molecular weight excluding hydrogens is 454 g/mol. The lowest BCUT2D eigenvalue weighted by Crippen LogP contribution is -2.43. The number of amides is 3. The third-order valence-electron chi connectivity index (χ3n) is 4.76. The summed E-state index contributed by atoms with van der Waals surface area (Å²) in [6.07, 6.45) is 0. The first-order valence-corrected chi connectivity index (χ1v) is 11.2. The smallest absolute Gasteiger partial charge is 0.276 e. The van der Waals surface area contributed by atoms with Crippen molar-refractivity contribution in [1.82, 2.24) is 20.8 Å². The van der Waals surface area contributed by atoms with Crippen LogP contribution >= 0.6 is 11.8 Å². The molecule has 5 N–H and O–H groups in total. The number of aromatic amines is 1. The van der Waals surface area contributed by atoms with Gasteiger partial charge < -0.3 is 15.5 Å². The number of carbonyl (C=O) groups excluding carboxylic acids is 3. The summed E-state index contributed by atoms with van der Waals surface area (Å²) in [5.41, 5.74) is 13.5. The van der Waals surface area contributed by atoms with E-state index < -0.39 is 17.7 Å². The Morgan fingerprint density at radius 3 is 2.50 bits per heavy atom. The first-order valence-electron chi connectivity index (χ1n) is 10.3. The number of carbonyl (C=O) groups is 3. The summed E-state index contributed by atoms with van der Waals surface area (Å²) in [4.78, 5) is 43.2. The Morgan fingerprint density at radius 1 is 0.941 bits per heavy atom. The molecule has 0 aliphatic rings. The van der Waals surface area contributed by atoms with Crippen molar-refractivity contribution < 1.29 is 19.1 Å². The summed E-state index contributed by atoms with van der Waals surface area (Å²) < 4.78 is 5.31. The van der Waals surface area contributed by atoms with Crippen molar-refractivity contribution in [3.8, 4) is 5.75 Å². The van der Waals surface area contributed by atoms with Crippen molar-refractivity contribution in [2.45, 2.75) is 10.9 Å². The molecule has 0 saturated heterocycles. The number of nitrogens with two attached hydrogens (primary N) is 1. The quantitative estimate of drug-likeness (QED) is 0.228. The van der Waals surface area contributed by atoms with E-state index in [2.05, 4.69) is 20.8 Å². The number of hydrogen-bond donors (Lipinski definition) is 4. The number of rotatable bonds is 8. The van der Waals surface area contributed by atoms with Crippen molar-refractivity contribution in [2.24, 2.45) is 5.73 Å². The number of aromatic nitrogens is 2. The van der Waals surface area contributed by atoms with Gasteiger partial charge in [0.2, 0.25) is 5.91 Å². The molecule has 1 aromatic heterocycles. The first kappa shape index (κ1) is 22.9. The molecule has 0 bridgehead atoms. The van der Waals surface area contributed by atoms with Crippen LogP contribution in [0, 0.1) is 0 Å². The van der Waals surface area contributed by atoms with E-state index in [1.54, 1.807) is 36.0 Å². The van der Waals surface area contributed by atoms with Gasteiger partial charge in [0.25, 0.3) is 11.8 Å². The fraction of sp³-hybridized carbons (Fsp3) is 0.0833. The number of fused-ring (bicyclic) bond motifs is 1. The van der Waals surface area contributed by atoms with E-state index in [1.165, 1.54) is 12.1 Å². The summed E-state index contributed by atoms with van der Waals surface area (Å²) in [5, 5.41) is 0.828. The van der Waals surface area contributed by atoms with Crippen molar-refractivity contribution in [3.63, 3.8) is 0 Å². The fourth-order valence-electron chi connectivity index (χ4n) is 3.02. The molecule has 4 aromatic rings. The SMILES string of the molecule is NC(=O)c1cccc(OCC(=O)NNC(=O)c2ccc(CSc3nc4ccccc4[nH]3)cc2)c1. The van der Waals surface area contributed by atoms with Crippen LogP contribution in [0.4, 0.5) is 0 Å². The Labute approximate surface area is 199 Å². The lowest BCUT2D eigenvalue weighted by Gasteiger charge is -2.09. The Bertz CT molecular complexity index is 1300. The van der Waals surface area contributed by atoms with Crippen LogP contribution in [-0.2, 0) is 10.5 Å². The zero-order valence-corrected chi connectivity index (χ0v) is 18.7. The highest BCUT2D eigenvalue weighted by Crippen LogP contribution is 2.23. The zero-order chi connectivity index (χ0) is 23.9. The molecule has 0 fully saturated rings. The van der Waals surface area contributed by atoms with Crippen LogP contribution in [-0.4, -0.2) is 34.3 Å². The predicted molar refractivity (Wildman–Crippen MR) is 128 cm³/mol. The van der Waals surface area contributed by atoms with E-state index in [9.17, 15) is 14.4 Å². The number of H-pyrrole nitrogens is 1. The molecule has 1 heterocycles. The van der Waals surface area contributed by atoms with Gasteiger partial charge in [-0.1, -0.05) is 42.1 Å². The Kier molecular flexibility index (Phi) is 7.09. The van der Waals surface area contributed by atoms with Gasteiger partial charge in [-0.05, 0) is 48.0 Å². The van der Waals surface area contributed by atoms with Crippen molar-refractivity contribution in [1.29, 1.82) is 0 Å². The van der Waals surface area contributed by atoms with Crippen LogP contribution in [0.1, 0.15) is 26.3 Å². The second kappa shape index (κ2) is 10.5. The Balaban J connectivity index is 1.22. The highest BCUT2D eigenvalue weighted by atomic mass is 32.2. The van der Waals surface area contributed by atoms with E-state index in [0.29, 0.717) is 17.1 Å². The van der Waals surface area contributed by atoms with E-state index >= 15 is 0 Å². The molecule has 34 heavy (non-hydrogen) atoms. The molecule has 0 spiro atoms. The van der Waals surface area contributed by atoms with Gasteiger partial charge in [-0.25, -0.2) is 4.98 Å². The highest BCUT2D eigenvalue weighted by Gasteiger charge is 2.10. The molecule has 0 aliphatic carbocycles. The molecule has 0 radical (unpaired) electrons. The Morgan fingerprint density at radius 2 is 1.74 bits per heavy atom. The molecular formula is C24H21N5O4S. The minimum absolute atomic E-state index is 0.269.